The molecule has 3 aromatic heterocycles. The van der Waals surface area contributed by atoms with E-state index in [-0.39, 0.29) is 29.6 Å². The molecule has 1 atom stereocenters. The Kier molecular flexibility index (Phi) is 8.54. The lowest BCUT2D eigenvalue weighted by Crippen LogP contribution is -2.62. The van der Waals surface area contributed by atoms with Crippen LogP contribution >= 0.6 is 23.4 Å². The average Bonchev–Trinajstić information content (AvgIpc) is 3.43. The van der Waals surface area contributed by atoms with Gasteiger partial charge >= 0.3 is 6.09 Å². The number of piperidine rings is 2. The lowest BCUT2D eigenvalue weighted by atomic mass is 9.68. The second kappa shape index (κ2) is 11.7. The predicted octanol–water partition coefficient (Wildman–Crippen LogP) is 4.05. The Labute approximate surface area is 255 Å². The van der Waals surface area contributed by atoms with E-state index >= 15 is 0 Å². The summed E-state index contributed by atoms with van der Waals surface area (Å²) >= 11 is 7.80. The summed E-state index contributed by atoms with van der Waals surface area (Å²) in [6.07, 6.45) is 8.67. The van der Waals surface area contributed by atoms with Crippen LogP contribution in [0.5, 0.6) is 0 Å². The Morgan fingerprint density at radius 2 is 1.88 bits per heavy atom. The topological polar surface area (TPSA) is 148 Å². The second-order valence-electron chi connectivity index (χ2n) is 11.7. The third kappa shape index (κ3) is 6.26. The number of nitrogens with two attached hydrogens (primary N) is 1. The van der Waals surface area contributed by atoms with Gasteiger partial charge in [-0.2, -0.15) is 4.31 Å². The van der Waals surface area contributed by atoms with E-state index in [0.29, 0.717) is 31.1 Å². The first kappa shape index (κ1) is 30.6. The van der Waals surface area contributed by atoms with Gasteiger partial charge in [-0.25, -0.2) is 28.2 Å². The van der Waals surface area contributed by atoms with Gasteiger partial charge in [0.15, 0.2) is 5.65 Å². The molecule has 5 heterocycles. The van der Waals surface area contributed by atoms with Crippen LogP contribution in [0.4, 0.5) is 16.6 Å². The maximum Gasteiger partial charge on any atom is 0.407 e. The monoisotopic (exact) mass is 636 g/mol. The lowest BCUT2D eigenvalue weighted by molar-refractivity contribution is 0.0280. The van der Waals surface area contributed by atoms with Gasteiger partial charge in [-0.1, -0.05) is 23.4 Å². The van der Waals surface area contributed by atoms with E-state index in [2.05, 4.69) is 20.2 Å². The number of pyridine rings is 1. The number of nitrogens with one attached hydrogen (secondary N) is 1. The highest BCUT2D eigenvalue weighted by Gasteiger charge is 2.48. The largest absolute Gasteiger partial charge is 0.444 e. The van der Waals surface area contributed by atoms with Crippen molar-refractivity contribution in [2.45, 2.75) is 68.4 Å². The maximum atomic E-state index is 12.8. The molecular formula is C27H37ClN8O4S2. The Bertz CT molecular complexity index is 1570. The number of carbonyl (C=O) groups is 1. The number of hydrogen-bond acceptors (Lipinski definition) is 10. The number of fused-ring (bicyclic) bond motifs is 1. The molecule has 2 aliphatic heterocycles. The quantitative estimate of drug-likeness (QED) is 0.406. The highest BCUT2D eigenvalue weighted by Crippen LogP contribution is 2.43. The van der Waals surface area contributed by atoms with Crippen molar-refractivity contribution in [3.05, 3.63) is 35.9 Å². The second-order valence-corrected chi connectivity index (χ2v) is 15.4. The fraction of sp³-hybridized carbons (Fsp3) is 0.556. The predicted molar refractivity (Wildman–Crippen MR) is 163 cm³/mol. The van der Waals surface area contributed by atoms with Crippen LogP contribution in [0, 0.1) is 5.41 Å². The number of nitrogen functional groups attached to an aromatic ring is 1. The zero-order valence-electron chi connectivity index (χ0n) is 24.2. The van der Waals surface area contributed by atoms with E-state index in [4.69, 9.17) is 27.1 Å². The van der Waals surface area contributed by atoms with Crippen LogP contribution < -0.4 is 16.0 Å². The number of hydrogen-bond donors (Lipinski definition) is 2. The van der Waals surface area contributed by atoms with Gasteiger partial charge in [-0.3, -0.25) is 4.40 Å². The molecule has 228 valence electrons. The third-order valence-electron chi connectivity index (χ3n) is 7.95. The van der Waals surface area contributed by atoms with Crippen LogP contribution in [0.1, 0.15) is 47.0 Å². The highest BCUT2D eigenvalue weighted by molar-refractivity contribution is 7.99. The lowest BCUT2D eigenvalue weighted by Gasteiger charge is -2.51. The number of amides is 1. The first-order valence-electron chi connectivity index (χ1n) is 13.9. The zero-order chi connectivity index (χ0) is 30.3. The number of rotatable bonds is 6. The summed E-state index contributed by atoms with van der Waals surface area (Å²) in [7, 11) is -3.39. The first-order valence-corrected chi connectivity index (χ1v) is 16.7. The minimum atomic E-state index is -3.39. The number of sulfonamides is 1. The molecule has 3 aromatic rings. The Balaban J connectivity index is 1.36. The van der Waals surface area contributed by atoms with E-state index in [1.165, 1.54) is 16.1 Å². The number of imidazole rings is 1. The summed E-state index contributed by atoms with van der Waals surface area (Å²) in [5.41, 5.74) is 5.70. The van der Waals surface area contributed by atoms with E-state index in [0.717, 1.165) is 34.2 Å². The Hall–Kier alpha value is -2.81. The standard InChI is InChI=1S/C27H37ClN8O4S2/c1-5-42(38,39)35-14-9-27(20(17-35)33-25(37)40-26(2,3)4)7-12-34(13-8-27)24-32-16-19(23-31-11-15-36(23)24)41-18-6-10-30-22(29)21(18)28/h6,10-11,15-16,20H,5,7-9,12-14,17H2,1-4H3,(H2,29,30)(H,33,37). The first-order chi connectivity index (χ1) is 19.8. The number of ether oxygens (including phenoxy) is 1. The van der Waals surface area contributed by atoms with Gasteiger partial charge in [-0.15, -0.1) is 0 Å². The summed E-state index contributed by atoms with van der Waals surface area (Å²) in [4.78, 5) is 30.1. The smallest absolute Gasteiger partial charge is 0.407 e. The van der Waals surface area contributed by atoms with Crippen molar-refractivity contribution < 1.29 is 17.9 Å². The van der Waals surface area contributed by atoms with Gasteiger partial charge < -0.3 is 20.7 Å². The van der Waals surface area contributed by atoms with Gasteiger partial charge in [0.2, 0.25) is 16.0 Å². The molecule has 0 bridgehead atoms. The number of nitrogens with zero attached hydrogens (tertiary/aromatic N) is 6. The molecule has 5 rings (SSSR count). The Morgan fingerprint density at radius 1 is 1.17 bits per heavy atom. The van der Waals surface area contributed by atoms with E-state index in [1.54, 1.807) is 31.6 Å². The number of anilines is 2. The molecule has 15 heteroatoms. The van der Waals surface area contributed by atoms with Gasteiger partial charge in [0.1, 0.15) is 11.4 Å². The highest BCUT2D eigenvalue weighted by atomic mass is 35.5. The van der Waals surface area contributed by atoms with Crippen molar-refractivity contribution in [3.63, 3.8) is 0 Å². The fourth-order valence-electron chi connectivity index (χ4n) is 5.67. The van der Waals surface area contributed by atoms with E-state index in [9.17, 15) is 13.2 Å². The molecule has 0 radical (unpaired) electrons. The van der Waals surface area contributed by atoms with Crippen molar-refractivity contribution in [3.8, 4) is 0 Å². The molecule has 42 heavy (non-hydrogen) atoms. The number of alkyl carbamates (subject to hydrolysis) is 1. The van der Waals surface area contributed by atoms with Gasteiger partial charge in [0.05, 0.1) is 21.7 Å². The summed E-state index contributed by atoms with van der Waals surface area (Å²) in [5.74, 6) is 1.06. The molecule has 2 aliphatic rings. The van der Waals surface area contributed by atoms with Crippen LogP contribution in [-0.4, -0.2) is 81.7 Å². The minimum absolute atomic E-state index is 0.0224. The van der Waals surface area contributed by atoms with Gasteiger partial charge in [0, 0.05) is 55.9 Å². The normalized spacial score (nSPS) is 19.7. The van der Waals surface area contributed by atoms with Gasteiger partial charge in [0.25, 0.3) is 0 Å². The van der Waals surface area contributed by atoms with Crippen molar-refractivity contribution in [2.24, 2.45) is 5.41 Å². The van der Waals surface area contributed by atoms with Crippen molar-refractivity contribution in [1.29, 1.82) is 0 Å². The van der Waals surface area contributed by atoms with E-state index < -0.39 is 21.7 Å². The van der Waals surface area contributed by atoms with Crippen molar-refractivity contribution in [2.75, 3.05) is 42.6 Å². The minimum Gasteiger partial charge on any atom is -0.444 e. The Morgan fingerprint density at radius 3 is 2.57 bits per heavy atom. The van der Waals surface area contributed by atoms with Crippen molar-refractivity contribution in [1.82, 2.24) is 29.0 Å². The molecule has 2 saturated heterocycles. The van der Waals surface area contributed by atoms with Gasteiger partial charge in [-0.05, 0) is 58.4 Å². The van der Waals surface area contributed by atoms with Crippen LogP contribution in [0.3, 0.4) is 0 Å². The molecule has 0 aliphatic carbocycles. The molecule has 1 spiro atoms. The summed E-state index contributed by atoms with van der Waals surface area (Å²) in [5, 5.41) is 3.43. The summed E-state index contributed by atoms with van der Waals surface area (Å²) in [6.45, 7) is 9.11. The molecule has 0 saturated carbocycles. The molecule has 2 fully saturated rings. The molecule has 3 N–H and O–H groups in total. The average molecular weight is 637 g/mol. The molecular weight excluding hydrogens is 600 g/mol. The number of aromatic nitrogens is 4. The van der Waals surface area contributed by atoms with Crippen LogP contribution in [-0.2, 0) is 14.8 Å². The molecule has 0 aromatic carbocycles. The number of halogens is 1. The number of carbonyl (C=O) groups excluding carboxylic acids is 1. The van der Waals surface area contributed by atoms with Crippen LogP contribution in [0.25, 0.3) is 5.65 Å². The van der Waals surface area contributed by atoms with E-state index in [1.807, 2.05) is 31.4 Å². The van der Waals surface area contributed by atoms with Crippen molar-refractivity contribution >= 4 is 56.9 Å². The SMILES string of the molecule is CCS(=O)(=O)N1CCC2(CCN(c3ncc(Sc4ccnc(N)c4Cl)c4nccn34)CC2)C(NC(=O)OC(C)(C)C)C1. The summed E-state index contributed by atoms with van der Waals surface area (Å²) in [6, 6.07) is 1.43. The molecule has 1 unspecified atom stereocenters. The zero-order valence-corrected chi connectivity index (χ0v) is 26.6. The maximum absolute atomic E-state index is 12.8. The molecule has 12 nitrogen and oxygen atoms in total. The molecule has 1 amide bonds. The fourth-order valence-corrected chi connectivity index (χ4v) is 7.92. The summed E-state index contributed by atoms with van der Waals surface area (Å²) < 4.78 is 34.5. The third-order valence-corrected chi connectivity index (χ3v) is 11.4. The van der Waals surface area contributed by atoms with Crippen LogP contribution in [0.15, 0.2) is 40.6 Å². The van der Waals surface area contributed by atoms with Crippen LogP contribution in [0.2, 0.25) is 5.02 Å².